The van der Waals surface area contributed by atoms with Crippen molar-refractivity contribution >= 4 is 71.3 Å². The van der Waals surface area contributed by atoms with E-state index in [1.54, 1.807) is 13.8 Å². The third kappa shape index (κ3) is 28.8. The first-order chi connectivity index (χ1) is 28.7. The van der Waals surface area contributed by atoms with Crippen molar-refractivity contribution in [3.05, 3.63) is 0 Å². The summed E-state index contributed by atoms with van der Waals surface area (Å²) in [5.74, 6) is -6.98. The number of amides is 11. The van der Waals surface area contributed by atoms with Gasteiger partial charge in [-0.3, -0.25) is 52.7 Å². The molecule has 0 unspecified atom stereocenters. The van der Waals surface area contributed by atoms with Gasteiger partial charge in [0, 0.05) is 26.9 Å². The Kier molecular flexibility index (Phi) is 28.5. The van der Waals surface area contributed by atoms with Crippen molar-refractivity contribution in [2.45, 2.75) is 104 Å². The molecule has 11 amide bonds. The molecule has 0 fully saturated rings. The van der Waals surface area contributed by atoms with E-state index in [9.17, 15) is 57.5 Å². The lowest BCUT2D eigenvalue weighted by Crippen LogP contribution is -2.54. The average Bonchev–Trinajstić information content (AvgIpc) is 3.19. The first kappa shape index (κ1) is 54.8. The zero-order chi connectivity index (χ0) is 46.3. The quantitative estimate of drug-likeness (QED) is 0.0229. The fourth-order valence-electron chi connectivity index (χ4n) is 5.11. The van der Waals surface area contributed by atoms with E-state index < -0.39 is 110 Å². The van der Waals surface area contributed by atoms with Gasteiger partial charge in [-0.25, -0.2) is 0 Å². The second kappa shape index (κ2) is 31.7. The van der Waals surface area contributed by atoms with Crippen LogP contribution >= 0.6 is 0 Å². The average molecular weight is 869 g/mol. The van der Waals surface area contributed by atoms with Gasteiger partial charge in [0.1, 0.15) is 24.4 Å². The van der Waals surface area contributed by atoms with Crippen LogP contribution in [0.25, 0.3) is 0 Å². The van der Waals surface area contributed by atoms with Crippen molar-refractivity contribution in [1.82, 2.24) is 58.5 Å². The van der Waals surface area contributed by atoms with Crippen molar-refractivity contribution in [2.24, 2.45) is 11.7 Å². The minimum atomic E-state index is -1.16. The minimum absolute atomic E-state index is 0.0912. The van der Waals surface area contributed by atoms with Gasteiger partial charge >= 0.3 is 0 Å². The summed E-state index contributed by atoms with van der Waals surface area (Å²) in [4.78, 5) is 146. The smallest absolute Gasteiger partial charge is 0.243 e. The number of nitrogens with two attached hydrogens (primary N) is 1. The fourth-order valence-corrected chi connectivity index (χ4v) is 5.11. The van der Waals surface area contributed by atoms with Gasteiger partial charge in [0.05, 0.1) is 45.3 Å². The number of hydrogen-bond donors (Lipinski definition) is 12. The highest BCUT2D eigenvalue weighted by molar-refractivity contribution is 5.95. The van der Waals surface area contributed by atoms with Crippen LogP contribution in [0.3, 0.4) is 0 Å². The molecule has 344 valence electrons. The largest absolute Gasteiger partial charge is 0.356 e. The lowest BCUT2D eigenvalue weighted by atomic mass is 10.0. The molecule has 24 heteroatoms. The lowest BCUT2D eigenvalue weighted by Gasteiger charge is -2.22. The van der Waals surface area contributed by atoms with Gasteiger partial charge in [-0.2, -0.15) is 0 Å². The number of unbranched alkanes of at least 4 members (excludes halogenated alkanes) is 2. The van der Waals surface area contributed by atoms with Crippen LogP contribution in [0.15, 0.2) is 0 Å². The zero-order valence-electron chi connectivity index (χ0n) is 35.5. The summed E-state index contributed by atoms with van der Waals surface area (Å²) in [5.41, 5.74) is 5.43. The maximum atomic E-state index is 13.2. The zero-order valence-corrected chi connectivity index (χ0v) is 35.5. The van der Waals surface area contributed by atoms with Gasteiger partial charge in [0.2, 0.25) is 65.0 Å². The molecular formula is C37H64N12O12. The lowest BCUT2D eigenvalue weighted by molar-refractivity contribution is -0.133. The van der Waals surface area contributed by atoms with Crippen LogP contribution in [-0.4, -0.2) is 148 Å². The Morgan fingerprint density at radius 1 is 0.459 bits per heavy atom. The summed E-state index contributed by atoms with van der Waals surface area (Å²) < 4.78 is 0. The monoisotopic (exact) mass is 868 g/mol. The Bertz CT molecular complexity index is 1520. The van der Waals surface area contributed by atoms with E-state index in [4.69, 9.17) is 5.73 Å². The van der Waals surface area contributed by atoms with Crippen molar-refractivity contribution in [1.29, 1.82) is 0 Å². The van der Waals surface area contributed by atoms with Gasteiger partial charge in [0.15, 0.2) is 0 Å². The molecule has 0 aliphatic rings. The van der Waals surface area contributed by atoms with E-state index in [1.807, 2.05) is 0 Å². The number of carbonyl (C=O) groups excluding carboxylic acids is 12. The Morgan fingerprint density at radius 3 is 1.21 bits per heavy atom. The molecule has 0 aromatic rings. The number of carbonyl (C=O) groups is 12. The van der Waals surface area contributed by atoms with E-state index >= 15 is 0 Å². The number of aldehydes is 1. The van der Waals surface area contributed by atoms with Crippen LogP contribution in [0.4, 0.5) is 0 Å². The van der Waals surface area contributed by atoms with E-state index in [0.29, 0.717) is 45.1 Å². The first-order valence-electron chi connectivity index (χ1n) is 20.0. The molecule has 13 N–H and O–H groups in total. The highest BCUT2D eigenvalue weighted by atomic mass is 16.2. The molecule has 0 saturated heterocycles. The molecule has 0 heterocycles. The Balaban J connectivity index is 5.46. The van der Waals surface area contributed by atoms with Crippen molar-refractivity contribution in [3.63, 3.8) is 0 Å². The predicted octanol–water partition coefficient (Wildman–Crippen LogP) is -5.66. The SMILES string of the molecule is CC(=O)NCCCC[C@H](NC(=O)CNC(=O)CNC(=O)[C@H](C)N)C(=O)NCC(=O)N[C@@H](CC(C)C)C(=O)NCC(=O)N[C@@H](CCCCNC(C)=O)C(=O)NCC(=O)NCC=O. The fraction of sp³-hybridized carbons (Fsp3) is 0.676. The standard InChI is InChI=1S/C37H64N12O12/c1-22(2)16-28(37(61)46-20-32(56)48-26(10-6-8-12-39-24(4)51)35(59)44-17-29(53)41-14-15-50)49-33(57)21-45-36(60)27(11-7-9-13-40-25(5)52)47-31(55)19-42-30(54)18-43-34(58)23(3)38/h15,22-23,26-28H,6-14,16-21,38H2,1-5H3,(H,39,51)(H,40,52)(H,41,53)(H,42,54)(H,43,58)(H,44,59)(H,45,60)(H,46,61)(H,47,55)(H,48,56)(H,49,57)/t23-,26-,27-,28-/m0/s1. The number of rotatable bonds is 31. The van der Waals surface area contributed by atoms with Crippen LogP contribution in [0.1, 0.15) is 79.6 Å². The maximum absolute atomic E-state index is 13.2. The molecule has 24 nitrogen and oxygen atoms in total. The number of nitrogens with one attached hydrogen (secondary N) is 11. The summed E-state index contributed by atoms with van der Waals surface area (Å²) >= 11 is 0. The molecule has 0 aliphatic carbocycles. The summed E-state index contributed by atoms with van der Waals surface area (Å²) in [6.45, 7) is 5.43. The predicted molar refractivity (Wildman–Crippen MR) is 218 cm³/mol. The Morgan fingerprint density at radius 2 is 0.820 bits per heavy atom. The Labute approximate surface area is 354 Å². The van der Waals surface area contributed by atoms with Crippen LogP contribution in [0.5, 0.6) is 0 Å². The molecule has 0 rings (SSSR count). The topological polar surface area (TPSA) is 363 Å². The molecule has 61 heavy (non-hydrogen) atoms. The van der Waals surface area contributed by atoms with Crippen LogP contribution in [-0.2, 0) is 57.5 Å². The second-order valence-electron chi connectivity index (χ2n) is 14.4. The van der Waals surface area contributed by atoms with Crippen molar-refractivity contribution < 1.29 is 57.5 Å². The molecular weight excluding hydrogens is 804 g/mol. The normalized spacial score (nSPS) is 12.4. The summed E-state index contributed by atoms with van der Waals surface area (Å²) in [7, 11) is 0. The molecule has 0 radical (unpaired) electrons. The molecule has 4 atom stereocenters. The number of hydrogen-bond acceptors (Lipinski definition) is 13. The third-order valence-electron chi connectivity index (χ3n) is 8.18. The van der Waals surface area contributed by atoms with E-state index in [1.165, 1.54) is 20.8 Å². The van der Waals surface area contributed by atoms with Crippen molar-refractivity contribution in [3.8, 4) is 0 Å². The van der Waals surface area contributed by atoms with Crippen molar-refractivity contribution in [2.75, 3.05) is 52.4 Å². The Hall–Kier alpha value is -6.20. The highest BCUT2D eigenvalue weighted by Gasteiger charge is 2.26. The van der Waals surface area contributed by atoms with Crippen LogP contribution < -0.4 is 64.2 Å². The minimum Gasteiger partial charge on any atom is -0.356 e. The van der Waals surface area contributed by atoms with E-state index in [0.717, 1.165) is 0 Å². The van der Waals surface area contributed by atoms with Gasteiger partial charge in [-0.15, -0.1) is 0 Å². The highest BCUT2D eigenvalue weighted by Crippen LogP contribution is 2.06. The molecule has 0 saturated carbocycles. The van der Waals surface area contributed by atoms with Crippen LogP contribution in [0.2, 0.25) is 0 Å². The summed E-state index contributed by atoms with van der Waals surface area (Å²) in [5, 5.41) is 26.8. The van der Waals surface area contributed by atoms with Gasteiger partial charge in [-0.1, -0.05) is 13.8 Å². The second-order valence-corrected chi connectivity index (χ2v) is 14.4. The summed E-state index contributed by atoms with van der Waals surface area (Å²) in [6, 6.07) is -4.29. The van der Waals surface area contributed by atoms with Gasteiger partial charge < -0.3 is 69.0 Å². The first-order valence-corrected chi connectivity index (χ1v) is 20.0. The molecule has 0 aromatic heterocycles. The molecule has 0 spiro atoms. The maximum Gasteiger partial charge on any atom is 0.243 e. The van der Waals surface area contributed by atoms with E-state index in [-0.39, 0.29) is 43.5 Å². The molecule has 0 aliphatic heterocycles. The third-order valence-corrected chi connectivity index (χ3v) is 8.18. The molecule has 0 bridgehead atoms. The van der Waals surface area contributed by atoms with E-state index in [2.05, 4.69) is 58.5 Å². The van der Waals surface area contributed by atoms with Gasteiger partial charge in [-0.05, 0) is 57.8 Å². The van der Waals surface area contributed by atoms with Crippen LogP contribution in [0, 0.1) is 5.92 Å². The van der Waals surface area contributed by atoms with Gasteiger partial charge in [0.25, 0.3) is 0 Å². The molecule has 0 aromatic carbocycles. The summed E-state index contributed by atoms with van der Waals surface area (Å²) in [6.07, 6.45) is 2.50.